The maximum atomic E-state index is 10.4. The Morgan fingerprint density at radius 3 is 2.62 bits per heavy atom. The molecule has 0 radical (unpaired) electrons. The number of nitriles is 1. The molecule has 0 saturated carbocycles. The average molecular weight is 217 g/mol. The summed E-state index contributed by atoms with van der Waals surface area (Å²) < 4.78 is 0. The van der Waals surface area contributed by atoms with E-state index in [1.807, 2.05) is 6.82 Å². The maximum absolute atomic E-state index is 10.4. The summed E-state index contributed by atoms with van der Waals surface area (Å²) in [5.41, 5.74) is 0.909. The molecule has 0 saturated heterocycles. The van der Waals surface area contributed by atoms with Crippen molar-refractivity contribution >= 4 is 18.1 Å². The van der Waals surface area contributed by atoms with E-state index in [0.717, 1.165) is 12.0 Å². The van der Waals surface area contributed by atoms with Crippen LogP contribution in [0.4, 0.5) is 11.4 Å². The standard InChI is InChI=1S/C10H12BN3O2/c1-11(8-12)6-7-13-9-2-4-10(5-3-9)14(15)16/h2-5,13H,6-7H2,1H3. The molecule has 1 aromatic rings. The van der Waals surface area contributed by atoms with Gasteiger partial charge >= 0.3 is 0 Å². The van der Waals surface area contributed by atoms with Crippen molar-refractivity contribution in [1.82, 2.24) is 0 Å². The van der Waals surface area contributed by atoms with Crippen LogP contribution in [0, 0.1) is 21.3 Å². The third-order valence-electron chi connectivity index (χ3n) is 2.20. The topological polar surface area (TPSA) is 79.0 Å². The highest BCUT2D eigenvalue weighted by Gasteiger charge is 2.06. The molecule has 0 amide bonds. The molecule has 1 aromatic carbocycles. The lowest BCUT2D eigenvalue weighted by Crippen LogP contribution is -2.11. The lowest BCUT2D eigenvalue weighted by molar-refractivity contribution is -0.384. The van der Waals surface area contributed by atoms with E-state index in [-0.39, 0.29) is 12.4 Å². The molecule has 0 aliphatic carbocycles. The third-order valence-corrected chi connectivity index (χ3v) is 2.20. The van der Waals surface area contributed by atoms with E-state index in [4.69, 9.17) is 5.26 Å². The first-order valence-electron chi connectivity index (χ1n) is 5.01. The van der Waals surface area contributed by atoms with E-state index in [0.29, 0.717) is 6.54 Å². The molecule has 5 nitrogen and oxygen atoms in total. The predicted molar refractivity (Wildman–Crippen MR) is 63.6 cm³/mol. The van der Waals surface area contributed by atoms with Gasteiger partial charge in [-0.3, -0.25) is 10.1 Å². The summed E-state index contributed by atoms with van der Waals surface area (Å²) in [4.78, 5) is 9.97. The van der Waals surface area contributed by atoms with Crippen molar-refractivity contribution in [3.63, 3.8) is 0 Å². The zero-order valence-electron chi connectivity index (χ0n) is 9.01. The minimum atomic E-state index is -0.429. The van der Waals surface area contributed by atoms with Crippen molar-refractivity contribution in [1.29, 1.82) is 5.26 Å². The fourth-order valence-electron chi connectivity index (χ4n) is 1.20. The Bertz CT molecular complexity index is 400. The summed E-state index contributed by atoms with van der Waals surface area (Å²) in [6.45, 7) is 2.56. The molecule has 1 rings (SSSR count). The molecule has 16 heavy (non-hydrogen) atoms. The smallest absolute Gasteiger partial charge is 0.269 e. The summed E-state index contributed by atoms with van der Waals surface area (Å²) in [5.74, 6) is 2.15. The lowest BCUT2D eigenvalue weighted by atomic mass is 9.51. The SMILES string of the molecule is CB(C#N)CCNc1ccc([N+](=O)[O-])cc1. The first-order chi connectivity index (χ1) is 7.63. The second-order valence-electron chi connectivity index (χ2n) is 3.55. The first-order valence-corrected chi connectivity index (χ1v) is 5.01. The van der Waals surface area contributed by atoms with Crippen LogP contribution in [0.2, 0.25) is 13.1 Å². The zero-order chi connectivity index (χ0) is 12.0. The molecular formula is C10H12BN3O2. The number of hydrogen-bond acceptors (Lipinski definition) is 4. The predicted octanol–water partition coefficient (Wildman–Crippen LogP) is 2.19. The van der Waals surface area contributed by atoms with E-state index >= 15 is 0 Å². The zero-order valence-corrected chi connectivity index (χ0v) is 9.01. The first kappa shape index (κ1) is 12.0. The number of nitrogens with zero attached hydrogens (tertiary/aromatic N) is 2. The largest absolute Gasteiger partial charge is 0.386 e. The van der Waals surface area contributed by atoms with Crippen LogP contribution in [0.25, 0.3) is 0 Å². The summed E-state index contributed by atoms with van der Waals surface area (Å²) in [7, 11) is 0. The van der Waals surface area contributed by atoms with E-state index in [9.17, 15) is 10.1 Å². The Hall–Kier alpha value is -2.03. The summed E-state index contributed by atoms with van der Waals surface area (Å²) in [6.07, 6.45) is 0.757. The van der Waals surface area contributed by atoms with Crippen molar-refractivity contribution in [3.05, 3.63) is 34.4 Å². The summed E-state index contributed by atoms with van der Waals surface area (Å²) in [5, 5.41) is 22.1. The number of nitrogens with one attached hydrogen (secondary N) is 1. The minimum Gasteiger partial charge on any atom is -0.386 e. The summed E-state index contributed by atoms with van der Waals surface area (Å²) in [6, 6.07) is 6.23. The second-order valence-corrected chi connectivity index (χ2v) is 3.55. The highest BCUT2D eigenvalue weighted by Crippen LogP contribution is 2.15. The number of benzene rings is 1. The molecule has 0 atom stereocenters. The highest BCUT2D eigenvalue weighted by atomic mass is 16.6. The summed E-state index contributed by atoms with van der Waals surface area (Å²) >= 11 is 0. The minimum absolute atomic E-state index is 0.0190. The molecule has 82 valence electrons. The molecule has 1 N–H and O–H groups in total. The normalized spacial score (nSPS) is 9.25. The van der Waals surface area contributed by atoms with Gasteiger partial charge in [-0.05, 0) is 18.5 Å². The lowest BCUT2D eigenvalue weighted by Gasteiger charge is -2.05. The fraction of sp³-hybridized carbons (Fsp3) is 0.300. The van der Waals surface area contributed by atoms with Gasteiger partial charge in [0.1, 0.15) is 0 Å². The number of rotatable bonds is 5. The van der Waals surface area contributed by atoms with Crippen molar-refractivity contribution < 1.29 is 4.92 Å². The van der Waals surface area contributed by atoms with Gasteiger partial charge in [0.05, 0.1) is 4.92 Å². The van der Waals surface area contributed by atoms with E-state index in [1.54, 1.807) is 12.1 Å². The maximum Gasteiger partial charge on any atom is 0.269 e. The van der Waals surface area contributed by atoms with Gasteiger partial charge in [-0.25, -0.2) is 5.26 Å². The Labute approximate surface area is 94.3 Å². The van der Waals surface area contributed by atoms with Crippen LogP contribution in [-0.2, 0) is 0 Å². The quantitative estimate of drug-likeness (QED) is 0.465. The molecule has 0 spiro atoms. The Balaban J connectivity index is 2.44. The van der Waals surface area contributed by atoms with Crippen molar-refractivity contribution in [2.24, 2.45) is 0 Å². The molecule has 0 unspecified atom stereocenters. The molecule has 0 aliphatic heterocycles. The van der Waals surface area contributed by atoms with Crippen LogP contribution in [0.3, 0.4) is 0 Å². The average Bonchev–Trinajstić information content (AvgIpc) is 2.29. The third kappa shape index (κ3) is 3.61. The number of anilines is 1. The van der Waals surface area contributed by atoms with Gasteiger partial charge in [0.15, 0.2) is 0 Å². The van der Waals surface area contributed by atoms with Crippen molar-refractivity contribution in [3.8, 4) is 5.97 Å². The van der Waals surface area contributed by atoms with E-state index in [2.05, 4.69) is 11.3 Å². The highest BCUT2D eigenvalue weighted by molar-refractivity contribution is 6.65. The molecular weight excluding hydrogens is 205 g/mol. The Kier molecular flexibility index (Phi) is 4.34. The monoisotopic (exact) mass is 217 g/mol. The number of hydrogen-bond donors (Lipinski definition) is 1. The van der Waals surface area contributed by atoms with Crippen molar-refractivity contribution in [2.75, 3.05) is 11.9 Å². The molecule has 0 fully saturated rings. The van der Waals surface area contributed by atoms with Crippen LogP contribution in [0.15, 0.2) is 24.3 Å². The van der Waals surface area contributed by atoms with Gasteiger partial charge in [-0.2, -0.15) is 0 Å². The number of nitro benzene ring substituents is 1. The van der Waals surface area contributed by atoms with Crippen molar-refractivity contribution in [2.45, 2.75) is 13.1 Å². The van der Waals surface area contributed by atoms with Crippen LogP contribution in [0.1, 0.15) is 0 Å². The van der Waals surface area contributed by atoms with Gasteiger partial charge in [-0.1, -0.05) is 6.82 Å². The van der Waals surface area contributed by atoms with E-state index in [1.165, 1.54) is 12.1 Å². The Morgan fingerprint density at radius 1 is 1.50 bits per heavy atom. The van der Waals surface area contributed by atoms with Gasteiger partial charge < -0.3 is 5.32 Å². The van der Waals surface area contributed by atoms with Crippen LogP contribution in [-0.4, -0.2) is 18.2 Å². The Morgan fingerprint density at radius 2 is 2.12 bits per heavy atom. The molecule has 6 heteroatoms. The molecule has 0 aromatic heterocycles. The van der Waals surface area contributed by atoms with Crippen LogP contribution < -0.4 is 5.32 Å². The van der Waals surface area contributed by atoms with E-state index < -0.39 is 4.92 Å². The second kappa shape index (κ2) is 5.76. The number of non-ortho nitro benzene ring substituents is 1. The molecule has 0 heterocycles. The van der Waals surface area contributed by atoms with Gasteiger partial charge in [-0.15, -0.1) is 0 Å². The fourth-order valence-corrected chi connectivity index (χ4v) is 1.20. The van der Waals surface area contributed by atoms with Crippen LogP contribution >= 0.6 is 0 Å². The molecule has 0 aliphatic rings. The van der Waals surface area contributed by atoms with Crippen LogP contribution in [0.5, 0.6) is 0 Å². The van der Waals surface area contributed by atoms with Gasteiger partial charge in [0.2, 0.25) is 0 Å². The van der Waals surface area contributed by atoms with Gasteiger partial charge in [0, 0.05) is 30.3 Å². The molecule has 0 bridgehead atoms. The number of nitro groups is 1. The van der Waals surface area contributed by atoms with Gasteiger partial charge in [0.25, 0.3) is 12.4 Å².